The van der Waals surface area contributed by atoms with Gasteiger partial charge in [-0.1, -0.05) is 6.07 Å². The summed E-state index contributed by atoms with van der Waals surface area (Å²) in [5.74, 6) is -0.414. The van der Waals surface area contributed by atoms with Gasteiger partial charge in [0.25, 0.3) is 0 Å². The Hall–Kier alpha value is -1.97. The van der Waals surface area contributed by atoms with Crippen molar-refractivity contribution in [1.82, 2.24) is 19.4 Å². The Balaban J connectivity index is 1.88. The smallest absolute Gasteiger partial charge is 0.243 e. The molecular weight excluding hydrogens is 368 g/mol. The van der Waals surface area contributed by atoms with Gasteiger partial charge in [0, 0.05) is 40.3 Å². The van der Waals surface area contributed by atoms with E-state index in [1.807, 2.05) is 24.8 Å². The monoisotopic (exact) mass is 396 g/mol. The molecule has 0 radical (unpaired) electrons. The summed E-state index contributed by atoms with van der Waals surface area (Å²) in [7, 11) is -0.271. The molecule has 0 aliphatic carbocycles. The van der Waals surface area contributed by atoms with Crippen LogP contribution in [0.25, 0.3) is 0 Å². The van der Waals surface area contributed by atoms with Crippen molar-refractivity contribution in [2.24, 2.45) is 0 Å². The number of nitrogens with one attached hydrogen (secondary N) is 1. The van der Waals surface area contributed by atoms with Crippen LogP contribution in [0.5, 0.6) is 0 Å². The number of likely N-dealkylation sites (N-methyl/N-ethyl adjacent to an activating group) is 1. The average molecular weight is 397 g/mol. The number of benzene rings is 1. The molecule has 1 aromatic rings. The van der Waals surface area contributed by atoms with Crippen molar-refractivity contribution >= 4 is 21.8 Å². The Bertz CT molecular complexity index is 800. The molecular formula is C18H28N4O4S. The molecule has 0 bridgehead atoms. The number of aryl methyl sites for hydroxylation is 2. The number of amides is 2. The van der Waals surface area contributed by atoms with Gasteiger partial charge in [0.2, 0.25) is 21.8 Å². The number of hydrogen-bond donors (Lipinski definition) is 1. The minimum Gasteiger partial charge on any atom is -0.347 e. The largest absolute Gasteiger partial charge is 0.347 e. The molecule has 1 aromatic carbocycles. The summed E-state index contributed by atoms with van der Waals surface area (Å²) in [6.07, 6.45) is 0. The Morgan fingerprint density at radius 3 is 2.26 bits per heavy atom. The van der Waals surface area contributed by atoms with Crippen LogP contribution in [0.1, 0.15) is 11.1 Å². The Kier molecular flexibility index (Phi) is 6.96. The average Bonchev–Trinajstić information content (AvgIpc) is 2.62. The third-order valence-corrected chi connectivity index (χ3v) is 6.64. The number of carbonyl (C=O) groups excluding carboxylic acids is 2. The Morgan fingerprint density at radius 1 is 1.07 bits per heavy atom. The second-order valence-corrected chi connectivity index (χ2v) is 8.93. The van der Waals surface area contributed by atoms with E-state index in [1.54, 1.807) is 26.2 Å². The molecule has 1 fully saturated rings. The van der Waals surface area contributed by atoms with Gasteiger partial charge in [-0.05, 0) is 37.1 Å². The lowest BCUT2D eigenvalue weighted by atomic mass is 10.1. The highest BCUT2D eigenvalue weighted by molar-refractivity contribution is 7.89. The number of sulfonamides is 1. The summed E-state index contributed by atoms with van der Waals surface area (Å²) < 4.78 is 27.1. The summed E-state index contributed by atoms with van der Waals surface area (Å²) >= 11 is 0. The SMILES string of the molecule is Cc1ccc(S(=O)(=O)N2CCN(CC(=O)NCC(=O)N(C)C)CC2)cc1C. The molecule has 8 nitrogen and oxygen atoms in total. The maximum atomic E-state index is 12.8. The van der Waals surface area contributed by atoms with Crippen LogP contribution >= 0.6 is 0 Å². The maximum Gasteiger partial charge on any atom is 0.243 e. The number of piperazine rings is 1. The zero-order chi connectivity index (χ0) is 20.2. The summed E-state index contributed by atoms with van der Waals surface area (Å²) in [6, 6.07) is 5.16. The molecule has 1 N–H and O–H groups in total. The van der Waals surface area contributed by atoms with Gasteiger partial charge >= 0.3 is 0 Å². The van der Waals surface area contributed by atoms with Gasteiger partial charge in [0.15, 0.2) is 0 Å². The van der Waals surface area contributed by atoms with Crippen LogP contribution in [0.15, 0.2) is 23.1 Å². The Labute approximate surface area is 161 Å². The highest BCUT2D eigenvalue weighted by Crippen LogP contribution is 2.20. The molecule has 0 spiro atoms. The number of rotatable bonds is 6. The predicted octanol–water partition coefficient (Wildman–Crippen LogP) is -0.186. The quantitative estimate of drug-likeness (QED) is 0.720. The third kappa shape index (κ3) is 5.50. The molecule has 0 atom stereocenters. The van der Waals surface area contributed by atoms with E-state index in [0.717, 1.165) is 11.1 Å². The van der Waals surface area contributed by atoms with Crippen LogP contribution in [0.4, 0.5) is 0 Å². The molecule has 150 valence electrons. The van der Waals surface area contributed by atoms with Gasteiger partial charge in [0.1, 0.15) is 0 Å². The van der Waals surface area contributed by atoms with Crippen molar-refractivity contribution in [3.05, 3.63) is 29.3 Å². The van der Waals surface area contributed by atoms with Crippen molar-refractivity contribution < 1.29 is 18.0 Å². The number of hydrogen-bond acceptors (Lipinski definition) is 5. The zero-order valence-corrected chi connectivity index (χ0v) is 17.2. The molecule has 9 heteroatoms. The first kappa shape index (κ1) is 21.3. The normalized spacial score (nSPS) is 16.1. The lowest BCUT2D eigenvalue weighted by molar-refractivity contribution is -0.131. The van der Waals surface area contributed by atoms with E-state index in [9.17, 15) is 18.0 Å². The molecule has 0 saturated carbocycles. The molecule has 1 aliphatic rings. The fraction of sp³-hybridized carbons (Fsp3) is 0.556. The lowest BCUT2D eigenvalue weighted by Crippen LogP contribution is -2.51. The van der Waals surface area contributed by atoms with Gasteiger partial charge in [-0.25, -0.2) is 8.42 Å². The minimum atomic E-state index is -3.53. The van der Waals surface area contributed by atoms with Crippen molar-refractivity contribution in [2.75, 3.05) is 53.4 Å². The first-order valence-electron chi connectivity index (χ1n) is 8.88. The van der Waals surface area contributed by atoms with Gasteiger partial charge in [-0.3, -0.25) is 14.5 Å². The van der Waals surface area contributed by atoms with Crippen LogP contribution in [0, 0.1) is 13.8 Å². The van der Waals surface area contributed by atoms with Crippen LogP contribution in [0.2, 0.25) is 0 Å². The molecule has 0 unspecified atom stereocenters. The van der Waals surface area contributed by atoms with E-state index in [1.165, 1.54) is 9.21 Å². The van der Waals surface area contributed by atoms with Gasteiger partial charge in [-0.2, -0.15) is 4.31 Å². The maximum absolute atomic E-state index is 12.8. The van der Waals surface area contributed by atoms with Crippen molar-refractivity contribution in [2.45, 2.75) is 18.7 Å². The molecule has 0 aromatic heterocycles. The topological polar surface area (TPSA) is 90.0 Å². The van der Waals surface area contributed by atoms with Crippen molar-refractivity contribution in [3.8, 4) is 0 Å². The minimum absolute atomic E-state index is 0.0348. The van der Waals surface area contributed by atoms with Crippen molar-refractivity contribution in [3.63, 3.8) is 0 Å². The summed E-state index contributed by atoms with van der Waals surface area (Å²) in [4.78, 5) is 27.1. The summed E-state index contributed by atoms with van der Waals surface area (Å²) in [6.45, 7) is 5.56. The van der Waals surface area contributed by atoms with E-state index in [-0.39, 0.29) is 24.9 Å². The van der Waals surface area contributed by atoms with E-state index in [0.29, 0.717) is 31.1 Å². The number of nitrogens with zero attached hydrogens (tertiary/aromatic N) is 3. The third-order valence-electron chi connectivity index (χ3n) is 4.75. The molecule has 2 amide bonds. The summed E-state index contributed by atoms with van der Waals surface area (Å²) in [5, 5.41) is 2.59. The zero-order valence-electron chi connectivity index (χ0n) is 16.4. The molecule has 1 aliphatic heterocycles. The van der Waals surface area contributed by atoms with Gasteiger partial charge < -0.3 is 10.2 Å². The van der Waals surface area contributed by atoms with Gasteiger partial charge in [0.05, 0.1) is 18.0 Å². The standard InChI is InChI=1S/C18H28N4O4S/c1-14-5-6-16(11-15(14)2)27(25,26)22-9-7-21(8-10-22)13-17(23)19-12-18(24)20(3)4/h5-6,11H,7-10,12-13H2,1-4H3,(H,19,23). The highest BCUT2D eigenvalue weighted by Gasteiger charge is 2.29. The first-order chi connectivity index (χ1) is 12.6. The lowest BCUT2D eigenvalue weighted by Gasteiger charge is -2.33. The predicted molar refractivity (Wildman–Crippen MR) is 103 cm³/mol. The fourth-order valence-electron chi connectivity index (χ4n) is 2.74. The molecule has 1 saturated heterocycles. The Morgan fingerprint density at radius 2 is 1.70 bits per heavy atom. The van der Waals surface area contributed by atoms with E-state index in [4.69, 9.17) is 0 Å². The van der Waals surface area contributed by atoms with E-state index in [2.05, 4.69) is 5.32 Å². The van der Waals surface area contributed by atoms with E-state index >= 15 is 0 Å². The van der Waals surface area contributed by atoms with Gasteiger partial charge in [-0.15, -0.1) is 0 Å². The first-order valence-corrected chi connectivity index (χ1v) is 10.3. The van der Waals surface area contributed by atoms with Crippen LogP contribution in [0.3, 0.4) is 0 Å². The second kappa shape index (κ2) is 8.81. The van der Waals surface area contributed by atoms with Crippen LogP contribution < -0.4 is 5.32 Å². The molecule has 1 heterocycles. The van der Waals surface area contributed by atoms with Crippen LogP contribution in [-0.4, -0.2) is 87.7 Å². The highest BCUT2D eigenvalue weighted by atomic mass is 32.2. The van der Waals surface area contributed by atoms with Crippen molar-refractivity contribution in [1.29, 1.82) is 0 Å². The van der Waals surface area contributed by atoms with E-state index < -0.39 is 10.0 Å². The summed E-state index contributed by atoms with van der Waals surface area (Å²) in [5.41, 5.74) is 2.00. The number of carbonyl (C=O) groups is 2. The molecule has 27 heavy (non-hydrogen) atoms. The van der Waals surface area contributed by atoms with Crippen LogP contribution in [-0.2, 0) is 19.6 Å². The molecule has 2 rings (SSSR count). The fourth-order valence-corrected chi connectivity index (χ4v) is 4.25. The second-order valence-electron chi connectivity index (χ2n) is 6.99.